The van der Waals surface area contributed by atoms with Crippen LogP contribution in [0.15, 0.2) is 60.4 Å². The minimum Gasteiger partial charge on any atom is -0.511 e. The Labute approximate surface area is 156 Å². The minimum absolute atomic E-state index is 0.0132. The van der Waals surface area contributed by atoms with Gasteiger partial charge in [-0.3, -0.25) is 4.79 Å². The lowest BCUT2D eigenvalue weighted by Gasteiger charge is -2.15. The predicted molar refractivity (Wildman–Crippen MR) is 101 cm³/mol. The number of Topliss-reactive ketones (excluding diaryl/α,β-unsaturated/α-hetero) is 1. The summed E-state index contributed by atoms with van der Waals surface area (Å²) in [6, 6.07) is 13.6. The Hall–Kier alpha value is -2.36. The number of hydrogen-bond acceptors (Lipinski definition) is 3. The third-order valence-electron chi connectivity index (χ3n) is 5.71. The van der Waals surface area contributed by atoms with Gasteiger partial charge in [0.05, 0.1) is 29.6 Å². The van der Waals surface area contributed by atoms with Gasteiger partial charge >= 0.3 is 0 Å². The average molecular weight is 365 g/mol. The second-order valence-electron chi connectivity index (χ2n) is 7.16. The summed E-state index contributed by atoms with van der Waals surface area (Å²) in [7, 11) is 0. The summed E-state index contributed by atoms with van der Waals surface area (Å²) < 4.78 is 5.76. The van der Waals surface area contributed by atoms with Gasteiger partial charge in [0.2, 0.25) is 0 Å². The number of aliphatic hydroxyl groups excluding tert-OH is 1. The quantitative estimate of drug-likeness (QED) is 0.783. The van der Waals surface area contributed by atoms with Gasteiger partial charge in [-0.25, -0.2) is 0 Å². The molecule has 0 radical (unpaired) electrons. The van der Waals surface area contributed by atoms with Crippen molar-refractivity contribution in [2.45, 2.75) is 19.1 Å². The van der Waals surface area contributed by atoms with E-state index in [-0.39, 0.29) is 35.6 Å². The van der Waals surface area contributed by atoms with Crippen LogP contribution in [0.3, 0.4) is 0 Å². The molecule has 4 atom stereocenters. The van der Waals surface area contributed by atoms with Crippen molar-refractivity contribution < 1.29 is 14.6 Å². The van der Waals surface area contributed by atoms with E-state index >= 15 is 0 Å². The van der Waals surface area contributed by atoms with Crippen LogP contribution in [0, 0.1) is 18.8 Å². The first-order valence-corrected chi connectivity index (χ1v) is 9.10. The summed E-state index contributed by atoms with van der Waals surface area (Å²) in [5.41, 5.74) is 4.24. The highest BCUT2D eigenvalue weighted by molar-refractivity contribution is 6.30. The van der Waals surface area contributed by atoms with Crippen LogP contribution in [-0.4, -0.2) is 23.1 Å². The zero-order valence-electron chi connectivity index (χ0n) is 14.1. The van der Waals surface area contributed by atoms with E-state index in [9.17, 15) is 9.90 Å². The first-order chi connectivity index (χ1) is 12.5. The third kappa shape index (κ3) is 2.14. The van der Waals surface area contributed by atoms with Gasteiger partial charge in [-0.05, 0) is 47.4 Å². The molecule has 1 saturated heterocycles. The number of carbonyl (C=O) groups is 1. The van der Waals surface area contributed by atoms with Crippen LogP contribution in [0.25, 0.3) is 16.7 Å². The first-order valence-electron chi connectivity index (χ1n) is 8.72. The molecule has 0 saturated carbocycles. The first kappa shape index (κ1) is 15.9. The molecule has 2 unspecified atom stereocenters. The number of fused-ring (bicyclic) bond motifs is 5. The van der Waals surface area contributed by atoms with E-state index in [0.717, 1.165) is 22.3 Å². The van der Waals surface area contributed by atoms with Gasteiger partial charge in [-0.2, -0.15) is 0 Å². The minimum atomic E-state index is -0.293. The Morgan fingerprint density at radius 1 is 0.962 bits per heavy atom. The van der Waals surface area contributed by atoms with Gasteiger partial charge < -0.3 is 9.84 Å². The van der Waals surface area contributed by atoms with E-state index in [1.165, 1.54) is 0 Å². The maximum atomic E-state index is 13.1. The SMILES string of the molecule is Cc1ccc(-c2ccc(Cl)cc2)cc1C1=C(O)[C@@H]2C3C=CC(O3)[C@@H]2C1=O. The lowest BCUT2D eigenvalue weighted by Crippen LogP contribution is -2.26. The fourth-order valence-corrected chi connectivity index (χ4v) is 4.52. The number of aliphatic hydroxyl groups is 1. The van der Waals surface area contributed by atoms with Crippen molar-refractivity contribution in [2.75, 3.05) is 0 Å². The van der Waals surface area contributed by atoms with E-state index < -0.39 is 0 Å². The normalized spacial score (nSPS) is 28.9. The summed E-state index contributed by atoms with van der Waals surface area (Å²) in [6.07, 6.45) is 3.50. The molecule has 1 aliphatic carbocycles. The van der Waals surface area contributed by atoms with E-state index in [0.29, 0.717) is 10.6 Å². The summed E-state index contributed by atoms with van der Waals surface area (Å²) in [5, 5.41) is 11.5. The Kier molecular flexibility index (Phi) is 3.40. The molecule has 0 amide bonds. The second-order valence-corrected chi connectivity index (χ2v) is 7.60. The average Bonchev–Trinajstić information content (AvgIpc) is 3.31. The Morgan fingerprint density at radius 3 is 2.31 bits per heavy atom. The molecule has 2 heterocycles. The van der Waals surface area contributed by atoms with Crippen LogP contribution in [0.2, 0.25) is 5.02 Å². The highest BCUT2D eigenvalue weighted by atomic mass is 35.5. The monoisotopic (exact) mass is 364 g/mol. The molecule has 26 heavy (non-hydrogen) atoms. The molecule has 3 nitrogen and oxygen atoms in total. The van der Waals surface area contributed by atoms with Crippen molar-refractivity contribution >= 4 is 23.0 Å². The zero-order chi connectivity index (χ0) is 18.0. The van der Waals surface area contributed by atoms with Crippen LogP contribution in [0.4, 0.5) is 0 Å². The lowest BCUT2D eigenvalue weighted by molar-refractivity contribution is -0.118. The van der Waals surface area contributed by atoms with Crippen molar-refractivity contribution in [3.05, 3.63) is 76.5 Å². The summed E-state index contributed by atoms with van der Waals surface area (Å²) in [5.74, 6) is -0.376. The van der Waals surface area contributed by atoms with E-state index in [1.807, 2.05) is 61.5 Å². The van der Waals surface area contributed by atoms with Crippen LogP contribution < -0.4 is 0 Å². The lowest BCUT2D eigenvalue weighted by atomic mass is 9.84. The van der Waals surface area contributed by atoms with Crippen molar-refractivity contribution in [1.82, 2.24) is 0 Å². The third-order valence-corrected chi connectivity index (χ3v) is 5.96. The van der Waals surface area contributed by atoms with Gasteiger partial charge in [0, 0.05) is 5.02 Å². The molecule has 1 N–H and O–H groups in total. The fraction of sp³-hybridized carbons (Fsp3) is 0.227. The summed E-state index contributed by atoms with van der Waals surface area (Å²) >= 11 is 5.98. The molecule has 1 fully saturated rings. The Bertz CT molecular complexity index is 987. The largest absolute Gasteiger partial charge is 0.511 e. The van der Waals surface area contributed by atoms with Crippen LogP contribution in [-0.2, 0) is 9.53 Å². The van der Waals surface area contributed by atoms with Crippen molar-refractivity contribution in [2.24, 2.45) is 11.8 Å². The van der Waals surface area contributed by atoms with Gasteiger partial charge in [-0.1, -0.05) is 48.0 Å². The topological polar surface area (TPSA) is 46.5 Å². The molecular weight excluding hydrogens is 348 g/mol. The number of aryl methyl sites for hydroxylation is 1. The van der Waals surface area contributed by atoms with E-state index in [2.05, 4.69) is 0 Å². The zero-order valence-corrected chi connectivity index (χ0v) is 14.9. The Morgan fingerprint density at radius 2 is 1.62 bits per heavy atom. The fourth-order valence-electron chi connectivity index (χ4n) is 4.39. The van der Waals surface area contributed by atoms with Gasteiger partial charge in [0.15, 0.2) is 5.78 Å². The molecule has 2 bridgehead atoms. The van der Waals surface area contributed by atoms with Crippen LogP contribution >= 0.6 is 11.6 Å². The number of ether oxygens (including phenoxy) is 1. The molecule has 2 aliphatic heterocycles. The smallest absolute Gasteiger partial charge is 0.173 e. The molecular formula is C22H17ClO3. The van der Waals surface area contributed by atoms with Gasteiger partial charge in [0.25, 0.3) is 0 Å². The second kappa shape index (κ2) is 5.57. The standard InChI is InChI=1S/C22H17ClO3/c1-11-2-3-13(12-4-6-14(23)7-5-12)10-15(11)18-21(24)19-16-8-9-17(26-16)20(19)22(18)25/h2-10,16-17,19-20,24H,1H3/t16?,17?,19-,20+/m1/s1. The molecule has 0 aromatic heterocycles. The molecule has 5 rings (SSSR count). The van der Waals surface area contributed by atoms with Crippen molar-refractivity contribution in [1.29, 1.82) is 0 Å². The number of halogens is 1. The highest BCUT2D eigenvalue weighted by Crippen LogP contribution is 2.51. The number of benzene rings is 2. The number of rotatable bonds is 2. The molecule has 0 spiro atoms. The maximum Gasteiger partial charge on any atom is 0.173 e. The number of allylic oxidation sites excluding steroid dienone is 1. The summed E-state index contributed by atoms with van der Waals surface area (Å²) in [6.45, 7) is 1.96. The number of hydrogen-bond donors (Lipinski definition) is 1. The molecule has 2 aromatic carbocycles. The molecule has 2 aromatic rings. The summed E-state index contributed by atoms with van der Waals surface area (Å²) in [4.78, 5) is 13.1. The molecule has 4 heteroatoms. The maximum absolute atomic E-state index is 13.1. The molecule has 3 aliphatic rings. The van der Waals surface area contributed by atoms with Crippen LogP contribution in [0.5, 0.6) is 0 Å². The van der Waals surface area contributed by atoms with Crippen LogP contribution in [0.1, 0.15) is 11.1 Å². The number of carbonyl (C=O) groups excluding carboxylic acids is 1. The van der Waals surface area contributed by atoms with Crippen molar-refractivity contribution in [3.63, 3.8) is 0 Å². The highest BCUT2D eigenvalue weighted by Gasteiger charge is 2.57. The van der Waals surface area contributed by atoms with Gasteiger partial charge in [0.1, 0.15) is 5.76 Å². The van der Waals surface area contributed by atoms with Crippen molar-refractivity contribution in [3.8, 4) is 11.1 Å². The van der Waals surface area contributed by atoms with E-state index in [1.54, 1.807) is 0 Å². The molecule has 130 valence electrons. The number of ketones is 1. The van der Waals surface area contributed by atoms with E-state index in [4.69, 9.17) is 16.3 Å². The Balaban J connectivity index is 1.61. The van der Waals surface area contributed by atoms with Gasteiger partial charge in [-0.15, -0.1) is 0 Å². The predicted octanol–water partition coefficient (Wildman–Crippen LogP) is 4.74.